The molecule has 1 aromatic heterocycles. The quantitative estimate of drug-likeness (QED) is 0.582. The van der Waals surface area contributed by atoms with Crippen molar-refractivity contribution in [3.05, 3.63) is 45.4 Å². The Balaban J connectivity index is 2.27. The highest BCUT2D eigenvalue weighted by molar-refractivity contribution is 14.1. The fourth-order valence-electron chi connectivity index (χ4n) is 1.89. The monoisotopic (exact) mass is 413 g/mol. The van der Waals surface area contributed by atoms with Gasteiger partial charge in [0.05, 0.1) is 15.0 Å². The zero-order valence-corrected chi connectivity index (χ0v) is 15.7. The van der Waals surface area contributed by atoms with E-state index in [1.165, 1.54) is 4.90 Å². The van der Waals surface area contributed by atoms with Crippen LogP contribution in [0, 0.1) is 3.57 Å². The van der Waals surface area contributed by atoms with Gasteiger partial charge in [-0.25, -0.2) is 9.97 Å². The fourth-order valence-corrected chi connectivity index (χ4v) is 3.98. The highest BCUT2D eigenvalue weighted by Gasteiger charge is 2.22. The van der Waals surface area contributed by atoms with Gasteiger partial charge in [0.1, 0.15) is 11.6 Å². The number of hydrogen-bond acceptors (Lipinski definition) is 4. The molecule has 0 saturated carbocycles. The minimum Gasteiger partial charge on any atom is -0.372 e. The second kappa shape index (κ2) is 6.96. The average molecular weight is 413 g/mol. The van der Waals surface area contributed by atoms with Crippen LogP contribution in [-0.4, -0.2) is 17.0 Å². The number of rotatable bonds is 4. The van der Waals surface area contributed by atoms with Crippen molar-refractivity contribution in [2.45, 2.75) is 36.8 Å². The van der Waals surface area contributed by atoms with Crippen LogP contribution in [0.1, 0.15) is 32.3 Å². The van der Waals surface area contributed by atoms with Crippen molar-refractivity contribution in [3.63, 3.8) is 0 Å². The van der Waals surface area contributed by atoms with E-state index in [0.717, 1.165) is 26.7 Å². The molecule has 0 radical (unpaired) electrons. The molecule has 1 N–H and O–H groups in total. The van der Waals surface area contributed by atoms with Crippen molar-refractivity contribution in [2.24, 2.45) is 0 Å². The highest BCUT2D eigenvalue weighted by Crippen LogP contribution is 2.30. The van der Waals surface area contributed by atoms with Gasteiger partial charge in [0.2, 0.25) is 0 Å². The van der Waals surface area contributed by atoms with E-state index in [2.05, 4.69) is 77.9 Å². The molecule has 0 aliphatic rings. The van der Waals surface area contributed by atoms with Gasteiger partial charge >= 0.3 is 0 Å². The molecule has 0 spiro atoms. The van der Waals surface area contributed by atoms with Gasteiger partial charge in [0.25, 0.3) is 0 Å². The molecule has 0 aliphatic heterocycles. The fraction of sp³-hybridized carbons (Fsp3) is 0.375. The van der Waals surface area contributed by atoms with Crippen LogP contribution in [0.2, 0.25) is 0 Å². The zero-order chi connectivity index (χ0) is 15.5. The maximum Gasteiger partial charge on any atom is 0.143 e. The summed E-state index contributed by atoms with van der Waals surface area (Å²) in [5, 5.41) is 3.18. The highest BCUT2D eigenvalue weighted by atomic mass is 127. The maximum absolute atomic E-state index is 4.79. The SMILES string of the molecule is CNc1nc(CSc2ccccc2)nc(C(C)(C)C)c1I. The Labute approximate surface area is 144 Å². The van der Waals surface area contributed by atoms with Crippen LogP contribution in [0.3, 0.4) is 0 Å². The minimum absolute atomic E-state index is 0.0111. The lowest BCUT2D eigenvalue weighted by molar-refractivity contribution is 0.560. The van der Waals surface area contributed by atoms with Gasteiger partial charge in [-0.15, -0.1) is 11.8 Å². The summed E-state index contributed by atoms with van der Waals surface area (Å²) in [5.74, 6) is 2.57. The Morgan fingerprint density at radius 1 is 1.14 bits per heavy atom. The minimum atomic E-state index is 0.0111. The number of anilines is 1. The summed E-state index contributed by atoms with van der Waals surface area (Å²) in [6.07, 6.45) is 0. The molecule has 0 saturated heterocycles. The predicted molar refractivity (Wildman–Crippen MR) is 99.0 cm³/mol. The largest absolute Gasteiger partial charge is 0.372 e. The van der Waals surface area contributed by atoms with E-state index in [-0.39, 0.29) is 5.41 Å². The lowest BCUT2D eigenvalue weighted by Crippen LogP contribution is -2.19. The summed E-state index contributed by atoms with van der Waals surface area (Å²) in [6.45, 7) is 6.56. The third-order valence-electron chi connectivity index (χ3n) is 2.96. The third kappa shape index (κ3) is 4.32. The molecule has 5 heteroatoms. The van der Waals surface area contributed by atoms with Crippen LogP contribution in [0.15, 0.2) is 35.2 Å². The Morgan fingerprint density at radius 3 is 2.38 bits per heavy atom. The average Bonchev–Trinajstić information content (AvgIpc) is 2.46. The summed E-state index contributed by atoms with van der Waals surface area (Å²) in [4.78, 5) is 10.7. The third-order valence-corrected chi connectivity index (χ3v) is 4.99. The van der Waals surface area contributed by atoms with Crippen molar-refractivity contribution in [3.8, 4) is 0 Å². The number of hydrogen-bond donors (Lipinski definition) is 1. The molecular weight excluding hydrogens is 393 g/mol. The summed E-state index contributed by atoms with van der Waals surface area (Å²) in [7, 11) is 1.91. The topological polar surface area (TPSA) is 37.8 Å². The molecule has 3 nitrogen and oxygen atoms in total. The van der Waals surface area contributed by atoms with Gasteiger partial charge in [-0.2, -0.15) is 0 Å². The number of benzene rings is 1. The smallest absolute Gasteiger partial charge is 0.143 e. The van der Waals surface area contributed by atoms with Crippen LogP contribution in [0.4, 0.5) is 5.82 Å². The van der Waals surface area contributed by atoms with E-state index in [0.29, 0.717) is 0 Å². The normalized spacial score (nSPS) is 11.5. The summed E-state index contributed by atoms with van der Waals surface area (Å²) >= 11 is 4.09. The van der Waals surface area contributed by atoms with Gasteiger partial charge in [-0.1, -0.05) is 39.0 Å². The van der Waals surface area contributed by atoms with Crippen LogP contribution >= 0.6 is 34.4 Å². The van der Waals surface area contributed by atoms with Crippen molar-refractivity contribution in [1.82, 2.24) is 9.97 Å². The number of halogens is 1. The molecule has 21 heavy (non-hydrogen) atoms. The summed E-state index contributed by atoms with van der Waals surface area (Å²) < 4.78 is 1.11. The number of nitrogens with zero attached hydrogens (tertiary/aromatic N) is 2. The van der Waals surface area contributed by atoms with E-state index < -0.39 is 0 Å². The molecule has 2 aromatic rings. The van der Waals surface area contributed by atoms with Crippen molar-refractivity contribution >= 4 is 40.2 Å². The van der Waals surface area contributed by atoms with Crippen molar-refractivity contribution < 1.29 is 0 Å². The van der Waals surface area contributed by atoms with Crippen LogP contribution < -0.4 is 5.32 Å². The first-order valence-corrected chi connectivity index (χ1v) is 8.90. The van der Waals surface area contributed by atoms with E-state index >= 15 is 0 Å². The van der Waals surface area contributed by atoms with Crippen molar-refractivity contribution in [1.29, 1.82) is 0 Å². The second-order valence-corrected chi connectivity index (χ2v) is 7.88. The van der Waals surface area contributed by atoms with Gasteiger partial charge < -0.3 is 5.32 Å². The molecule has 0 fully saturated rings. The van der Waals surface area contributed by atoms with E-state index in [1.54, 1.807) is 11.8 Å². The summed E-state index contributed by atoms with van der Waals surface area (Å²) in [6, 6.07) is 10.4. The van der Waals surface area contributed by atoms with Gasteiger partial charge in [0, 0.05) is 17.4 Å². The van der Waals surface area contributed by atoms with E-state index in [9.17, 15) is 0 Å². The van der Waals surface area contributed by atoms with Gasteiger partial charge in [0.15, 0.2) is 0 Å². The maximum atomic E-state index is 4.79. The Kier molecular flexibility index (Phi) is 5.48. The van der Waals surface area contributed by atoms with E-state index in [1.807, 2.05) is 13.1 Å². The molecule has 1 aromatic carbocycles. The lowest BCUT2D eigenvalue weighted by atomic mass is 9.92. The van der Waals surface area contributed by atoms with Crippen LogP contribution in [0.5, 0.6) is 0 Å². The molecule has 0 atom stereocenters. The number of thioether (sulfide) groups is 1. The van der Waals surface area contributed by atoms with Crippen LogP contribution in [0.25, 0.3) is 0 Å². The first-order chi connectivity index (χ1) is 9.91. The predicted octanol–water partition coefficient (Wildman–Crippen LogP) is 4.71. The zero-order valence-electron chi connectivity index (χ0n) is 12.8. The molecule has 1 heterocycles. The molecule has 112 valence electrons. The van der Waals surface area contributed by atoms with Crippen molar-refractivity contribution in [2.75, 3.05) is 12.4 Å². The van der Waals surface area contributed by atoms with Gasteiger partial charge in [-0.3, -0.25) is 0 Å². The van der Waals surface area contributed by atoms with Crippen LogP contribution in [-0.2, 0) is 11.2 Å². The lowest BCUT2D eigenvalue weighted by Gasteiger charge is -2.21. The summed E-state index contributed by atoms with van der Waals surface area (Å²) in [5.41, 5.74) is 1.11. The standard InChI is InChI=1S/C16H20IN3S/c1-16(2,3)14-13(17)15(18-4)20-12(19-14)10-21-11-8-6-5-7-9-11/h5-9H,10H2,1-4H3,(H,18,19,20). The first kappa shape index (κ1) is 16.5. The molecule has 0 bridgehead atoms. The Hall–Kier alpha value is -0.820. The Morgan fingerprint density at radius 2 is 1.81 bits per heavy atom. The Bertz CT molecular complexity index is 609. The molecule has 0 unspecified atom stereocenters. The molecule has 0 aliphatic carbocycles. The number of aromatic nitrogens is 2. The van der Waals surface area contributed by atoms with Gasteiger partial charge in [-0.05, 0) is 34.7 Å². The number of nitrogens with one attached hydrogen (secondary N) is 1. The molecular formula is C16H20IN3S. The molecule has 2 rings (SSSR count). The molecule has 0 amide bonds. The first-order valence-electron chi connectivity index (χ1n) is 6.84. The van der Waals surface area contributed by atoms with E-state index in [4.69, 9.17) is 4.98 Å². The second-order valence-electron chi connectivity index (χ2n) is 5.75.